The molecule has 1 amide bonds. The van der Waals surface area contributed by atoms with Gasteiger partial charge in [-0.15, -0.1) is 0 Å². The average molecular weight is 538 g/mol. The number of amides is 1. The highest BCUT2D eigenvalue weighted by atomic mass is 32.1. The number of thiazole rings is 1. The molecular weight excluding hydrogens is 514 g/mol. The van der Waals surface area contributed by atoms with Gasteiger partial charge in [-0.25, -0.2) is 9.97 Å². The van der Waals surface area contributed by atoms with Gasteiger partial charge in [-0.3, -0.25) is 15.1 Å². The zero-order valence-electron chi connectivity index (χ0n) is 21.1. The number of anilines is 1. The maximum Gasteiger partial charge on any atom is 0.259 e. The third kappa shape index (κ3) is 5.55. The predicted octanol–water partition coefficient (Wildman–Crippen LogP) is 5.23. The number of hydrogen-bond donors (Lipinski definition) is 2. The Labute approximate surface area is 228 Å². The van der Waals surface area contributed by atoms with Gasteiger partial charge in [0.15, 0.2) is 5.13 Å². The van der Waals surface area contributed by atoms with Crippen molar-refractivity contribution < 1.29 is 19.4 Å². The first-order valence-electron chi connectivity index (χ1n) is 12.0. The highest BCUT2D eigenvalue weighted by Gasteiger charge is 2.19. The van der Waals surface area contributed by atoms with E-state index in [0.29, 0.717) is 49.2 Å². The number of hydrogen-bond acceptors (Lipinski definition) is 9. The van der Waals surface area contributed by atoms with Crippen molar-refractivity contribution in [2.45, 2.75) is 6.92 Å². The fourth-order valence-corrected chi connectivity index (χ4v) is 4.87. The molecule has 0 atom stereocenters. The number of carbonyl (C=O) groups is 1. The number of nitrogens with one attached hydrogen (secondary N) is 1. The molecule has 194 valence electrons. The topological polar surface area (TPSA) is 130 Å². The van der Waals surface area contributed by atoms with Crippen LogP contribution in [-0.4, -0.2) is 46.3 Å². The van der Waals surface area contributed by atoms with E-state index in [1.54, 1.807) is 31.4 Å². The molecule has 0 radical (unpaired) electrons. The van der Waals surface area contributed by atoms with Crippen molar-refractivity contribution in [2.75, 3.05) is 25.6 Å². The number of aliphatic hydroxyl groups excluding tert-OH is 1. The molecule has 3 aromatic heterocycles. The molecule has 0 aliphatic rings. The summed E-state index contributed by atoms with van der Waals surface area (Å²) in [6, 6.07) is 20.2. The van der Waals surface area contributed by atoms with Gasteiger partial charge in [-0.2, -0.15) is 5.26 Å². The Hall–Kier alpha value is -4.85. The van der Waals surface area contributed by atoms with E-state index < -0.39 is 0 Å². The van der Waals surface area contributed by atoms with E-state index in [4.69, 9.17) is 19.6 Å². The molecule has 0 aliphatic heterocycles. The van der Waals surface area contributed by atoms with Gasteiger partial charge in [0.2, 0.25) is 0 Å². The molecule has 39 heavy (non-hydrogen) atoms. The summed E-state index contributed by atoms with van der Waals surface area (Å²) in [5, 5.41) is 21.6. The van der Waals surface area contributed by atoms with Gasteiger partial charge >= 0.3 is 0 Å². The number of benzene rings is 2. The predicted molar refractivity (Wildman–Crippen MR) is 149 cm³/mol. The summed E-state index contributed by atoms with van der Waals surface area (Å²) < 4.78 is 10.9. The van der Waals surface area contributed by atoms with Crippen LogP contribution in [0.5, 0.6) is 11.5 Å². The van der Waals surface area contributed by atoms with Crippen molar-refractivity contribution in [3.05, 3.63) is 83.7 Å². The van der Waals surface area contributed by atoms with E-state index in [1.807, 2.05) is 43.3 Å². The number of pyridine rings is 2. The summed E-state index contributed by atoms with van der Waals surface area (Å²) in [5.41, 5.74) is 5.03. The van der Waals surface area contributed by atoms with Crippen LogP contribution in [0.2, 0.25) is 0 Å². The average Bonchev–Trinajstić information content (AvgIpc) is 3.37. The van der Waals surface area contributed by atoms with Crippen molar-refractivity contribution in [1.29, 1.82) is 5.26 Å². The first-order chi connectivity index (χ1) is 19.0. The van der Waals surface area contributed by atoms with Gasteiger partial charge < -0.3 is 14.6 Å². The monoisotopic (exact) mass is 537 g/mol. The third-order valence-corrected chi connectivity index (χ3v) is 6.77. The lowest BCUT2D eigenvalue weighted by molar-refractivity contribution is 0.102. The van der Waals surface area contributed by atoms with Crippen molar-refractivity contribution >= 4 is 32.7 Å². The van der Waals surface area contributed by atoms with Crippen molar-refractivity contribution in [2.24, 2.45) is 0 Å². The molecule has 0 aliphatic carbocycles. The minimum atomic E-state index is -0.389. The minimum Gasteiger partial charge on any atom is -0.496 e. The maximum absolute atomic E-state index is 13.4. The molecule has 0 saturated heterocycles. The number of aliphatic hydroxyl groups is 1. The number of aromatic nitrogens is 3. The first-order valence-corrected chi connectivity index (χ1v) is 12.8. The van der Waals surface area contributed by atoms with Crippen LogP contribution in [0.4, 0.5) is 5.13 Å². The number of fused-ring (bicyclic) bond motifs is 1. The summed E-state index contributed by atoms with van der Waals surface area (Å²) >= 11 is 1.27. The van der Waals surface area contributed by atoms with Crippen LogP contribution in [0.15, 0.2) is 66.9 Å². The maximum atomic E-state index is 13.4. The highest BCUT2D eigenvalue weighted by Crippen LogP contribution is 2.34. The quantitative estimate of drug-likeness (QED) is 0.275. The molecule has 3 heterocycles. The Morgan fingerprint density at radius 1 is 1.08 bits per heavy atom. The molecular formula is C29H23N5O4S. The molecule has 2 aromatic carbocycles. The zero-order valence-corrected chi connectivity index (χ0v) is 22.0. The van der Waals surface area contributed by atoms with Crippen LogP contribution in [0.3, 0.4) is 0 Å². The fraction of sp³-hybridized carbons (Fsp3) is 0.138. The van der Waals surface area contributed by atoms with E-state index in [1.165, 1.54) is 17.5 Å². The van der Waals surface area contributed by atoms with Gasteiger partial charge in [-0.05, 0) is 67.6 Å². The molecule has 9 nitrogen and oxygen atoms in total. The summed E-state index contributed by atoms with van der Waals surface area (Å²) in [6.07, 6.45) is 1.51. The van der Waals surface area contributed by atoms with E-state index in [2.05, 4.69) is 21.4 Å². The Morgan fingerprint density at radius 2 is 1.90 bits per heavy atom. The lowest BCUT2D eigenvalue weighted by Crippen LogP contribution is -2.14. The Bertz CT molecular complexity index is 1710. The molecule has 0 bridgehead atoms. The number of methoxy groups -OCH3 is 1. The van der Waals surface area contributed by atoms with E-state index in [-0.39, 0.29) is 19.1 Å². The second-order valence-corrected chi connectivity index (χ2v) is 9.47. The number of nitriles is 1. The normalized spacial score (nSPS) is 10.7. The minimum absolute atomic E-state index is 0.0471. The van der Waals surface area contributed by atoms with E-state index in [9.17, 15) is 10.1 Å². The van der Waals surface area contributed by atoms with Gasteiger partial charge in [0.1, 0.15) is 28.5 Å². The number of aryl methyl sites for hydroxylation is 1. The summed E-state index contributed by atoms with van der Waals surface area (Å²) in [4.78, 5) is 27.7. The van der Waals surface area contributed by atoms with Crippen molar-refractivity contribution in [3.8, 4) is 40.0 Å². The molecule has 0 spiro atoms. The lowest BCUT2D eigenvalue weighted by Gasteiger charge is -2.13. The SMILES string of the molecule is COc1ccc(C#N)cc1-c1cc(C)ncc1C(=O)Nc1nc2ccc(-c3ccc(OCCO)cc3)nc2s1. The Balaban J connectivity index is 1.43. The van der Waals surface area contributed by atoms with Crippen molar-refractivity contribution in [3.63, 3.8) is 0 Å². The van der Waals surface area contributed by atoms with Crippen molar-refractivity contribution in [1.82, 2.24) is 15.0 Å². The van der Waals surface area contributed by atoms with Crippen LogP contribution >= 0.6 is 11.3 Å². The van der Waals surface area contributed by atoms with Crippen LogP contribution in [0, 0.1) is 18.3 Å². The van der Waals surface area contributed by atoms with E-state index in [0.717, 1.165) is 17.0 Å². The standard InChI is InChI=1S/C29H23N5O4S/c1-17-13-21(22-14-18(15-30)3-10-26(22)37-2)23(16-31-17)27(36)34-29-33-25-9-8-24(32-28(25)39-29)19-4-6-20(7-5-19)38-12-11-35/h3-10,13-14,16,35H,11-12H2,1-2H3,(H,33,34,36). The van der Waals surface area contributed by atoms with E-state index >= 15 is 0 Å². The molecule has 2 N–H and O–H groups in total. The molecule has 0 unspecified atom stereocenters. The molecule has 5 rings (SSSR count). The van der Waals surface area contributed by atoms with Gasteiger partial charge in [0, 0.05) is 28.6 Å². The summed E-state index contributed by atoms with van der Waals surface area (Å²) in [5.74, 6) is 0.816. The van der Waals surface area contributed by atoms with Gasteiger partial charge in [-0.1, -0.05) is 11.3 Å². The summed E-state index contributed by atoms with van der Waals surface area (Å²) in [6.45, 7) is 2.02. The van der Waals surface area contributed by atoms with Gasteiger partial charge in [0.05, 0.1) is 36.6 Å². The molecule has 5 aromatic rings. The fourth-order valence-electron chi connectivity index (χ4n) is 4.03. The summed E-state index contributed by atoms with van der Waals surface area (Å²) in [7, 11) is 1.54. The number of nitrogens with zero attached hydrogens (tertiary/aromatic N) is 4. The highest BCUT2D eigenvalue weighted by molar-refractivity contribution is 7.22. The van der Waals surface area contributed by atoms with Crippen LogP contribution in [-0.2, 0) is 0 Å². The number of rotatable bonds is 8. The van der Waals surface area contributed by atoms with Crippen LogP contribution in [0.1, 0.15) is 21.6 Å². The van der Waals surface area contributed by atoms with Gasteiger partial charge in [0.25, 0.3) is 5.91 Å². The number of ether oxygens (including phenoxy) is 2. The smallest absolute Gasteiger partial charge is 0.259 e. The zero-order chi connectivity index (χ0) is 27.4. The Kier molecular flexibility index (Phi) is 7.45. The van der Waals surface area contributed by atoms with Crippen LogP contribution in [0.25, 0.3) is 32.7 Å². The second kappa shape index (κ2) is 11.3. The second-order valence-electron chi connectivity index (χ2n) is 8.49. The third-order valence-electron chi connectivity index (χ3n) is 5.89. The molecule has 0 fully saturated rings. The largest absolute Gasteiger partial charge is 0.496 e. The Morgan fingerprint density at radius 3 is 2.64 bits per heavy atom. The lowest BCUT2D eigenvalue weighted by atomic mass is 9.97. The number of carbonyl (C=O) groups excluding carboxylic acids is 1. The van der Waals surface area contributed by atoms with Crippen LogP contribution < -0.4 is 14.8 Å². The molecule has 0 saturated carbocycles. The molecule has 10 heteroatoms. The first kappa shape index (κ1) is 25.8.